The Kier molecular flexibility index (Phi) is 3.42. The third-order valence-corrected chi connectivity index (χ3v) is 5.04. The summed E-state index contributed by atoms with van der Waals surface area (Å²) in [5.41, 5.74) is 2.85. The molecule has 4 rings (SSSR count). The van der Waals surface area contributed by atoms with Crippen LogP contribution in [0.4, 0.5) is 0 Å². The molecule has 0 N–H and O–H groups in total. The van der Waals surface area contributed by atoms with Gasteiger partial charge in [-0.1, -0.05) is 66.4 Å². The van der Waals surface area contributed by atoms with Crippen molar-refractivity contribution in [3.05, 3.63) is 77.9 Å². The molecular weight excluding hydrogens is 276 g/mol. The van der Waals surface area contributed by atoms with E-state index in [1.54, 1.807) is 11.8 Å². The monoisotopic (exact) mass is 292 g/mol. The van der Waals surface area contributed by atoms with Crippen molar-refractivity contribution in [1.29, 1.82) is 0 Å². The van der Waals surface area contributed by atoms with Gasteiger partial charge in [0.05, 0.1) is 6.61 Å². The van der Waals surface area contributed by atoms with E-state index in [9.17, 15) is 0 Å². The number of fused-ring (bicyclic) bond motifs is 2. The summed E-state index contributed by atoms with van der Waals surface area (Å²) < 4.78 is 5.98. The molecule has 3 aromatic carbocycles. The summed E-state index contributed by atoms with van der Waals surface area (Å²) in [6, 6.07) is 23.7. The molecule has 0 amide bonds. The number of benzene rings is 3. The highest BCUT2D eigenvalue weighted by atomic mass is 32.2. The molecule has 2 heteroatoms. The van der Waals surface area contributed by atoms with Gasteiger partial charge >= 0.3 is 0 Å². The van der Waals surface area contributed by atoms with Crippen LogP contribution in [0.3, 0.4) is 0 Å². The van der Waals surface area contributed by atoms with E-state index in [4.69, 9.17) is 4.74 Å². The van der Waals surface area contributed by atoms with Crippen molar-refractivity contribution in [2.24, 2.45) is 0 Å². The summed E-state index contributed by atoms with van der Waals surface area (Å²) in [4.78, 5) is 1.26. The van der Waals surface area contributed by atoms with Gasteiger partial charge in [-0.15, -0.1) is 0 Å². The van der Waals surface area contributed by atoms with Gasteiger partial charge in [0, 0.05) is 4.90 Å². The minimum atomic E-state index is 0.108. The molecule has 0 saturated heterocycles. The second-order valence-corrected chi connectivity index (χ2v) is 6.41. The van der Waals surface area contributed by atoms with Crippen molar-refractivity contribution in [1.82, 2.24) is 0 Å². The van der Waals surface area contributed by atoms with E-state index in [0.29, 0.717) is 0 Å². The van der Waals surface area contributed by atoms with Gasteiger partial charge in [0.2, 0.25) is 0 Å². The van der Waals surface area contributed by atoms with Crippen molar-refractivity contribution in [3.63, 3.8) is 0 Å². The average molecular weight is 292 g/mol. The lowest BCUT2D eigenvalue weighted by Crippen LogP contribution is -2.13. The van der Waals surface area contributed by atoms with E-state index < -0.39 is 0 Å². The summed E-state index contributed by atoms with van der Waals surface area (Å²) in [7, 11) is 0. The molecule has 0 saturated carbocycles. The molecule has 21 heavy (non-hydrogen) atoms. The highest BCUT2D eigenvalue weighted by molar-refractivity contribution is 7.99. The molecule has 1 nitrogen and oxygen atoms in total. The van der Waals surface area contributed by atoms with Crippen LogP contribution >= 0.6 is 11.8 Å². The van der Waals surface area contributed by atoms with Gasteiger partial charge in [-0.2, -0.15) is 0 Å². The Labute approximate surface area is 128 Å². The maximum absolute atomic E-state index is 5.98. The Bertz CT molecular complexity index is 781. The van der Waals surface area contributed by atoms with Crippen LogP contribution < -0.4 is 0 Å². The number of hydrogen-bond acceptors (Lipinski definition) is 2. The van der Waals surface area contributed by atoms with Crippen LogP contribution in [0.15, 0.2) is 71.6 Å². The first-order valence-corrected chi connectivity index (χ1v) is 8.13. The molecule has 1 unspecified atom stereocenters. The molecule has 1 heterocycles. The van der Waals surface area contributed by atoms with E-state index in [0.717, 1.165) is 13.0 Å². The molecule has 1 aliphatic rings. The lowest BCUT2D eigenvalue weighted by Gasteiger charge is -2.25. The molecule has 0 fully saturated rings. The summed E-state index contributed by atoms with van der Waals surface area (Å²) in [6.07, 6.45) is 1.02. The number of ether oxygens (including phenoxy) is 1. The standard InChI is InChI=1S/C19H16OS/c1-2-7-16-13-17(10-9-14(16)5-1)21-19-18-8-4-3-6-15(18)11-12-20-19/h1-10,13,19H,11-12H2. The third-order valence-electron chi connectivity index (χ3n) is 3.91. The SMILES string of the molecule is c1ccc2c(c1)CCOC2Sc1ccc2ccccc2c1. The highest BCUT2D eigenvalue weighted by Crippen LogP contribution is 2.40. The first-order valence-electron chi connectivity index (χ1n) is 7.25. The second-order valence-electron chi connectivity index (χ2n) is 5.28. The molecule has 3 aromatic rings. The summed E-state index contributed by atoms with van der Waals surface area (Å²) in [5.74, 6) is 0. The third kappa shape index (κ3) is 2.57. The predicted octanol–water partition coefficient (Wildman–Crippen LogP) is 5.20. The predicted molar refractivity (Wildman–Crippen MR) is 88.6 cm³/mol. The van der Waals surface area contributed by atoms with Crippen LogP contribution in [-0.4, -0.2) is 6.61 Å². The summed E-state index contributed by atoms with van der Waals surface area (Å²) in [5, 5.41) is 2.57. The Balaban J connectivity index is 1.66. The smallest absolute Gasteiger partial charge is 0.133 e. The number of hydrogen-bond donors (Lipinski definition) is 0. The van der Waals surface area contributed by atoms with Crippen LogP contribution in [0.25, 0.3) is 10.8 Å². The second kappa shape index (κ2) is 5.55. The molecule has 0 aromatic heterocycles. The zero-order chi connectivity index (χ0) is 14.1. The Morgan fingerprint density at radius 2 is 1.67 bits per heavy atom. The molecule has 0 aliphatic carbocycles. The fourth-order valence-electron chi connectivity index (χ4n) is 2.82. The highest BCUT2D eigenvalue weighted by Gasteiger charge is 2.21. The molecule has 0 radical (unpaired) electrons. The minimum absolute atomic E-state index is 0.108. The maximum atomic E-state index is 5.98. The van der Waals surface area contributed by atoms with Gasteiger partial charge in [0.15, 0.2) is 0 Å². The quantitative estimate of drug-likeness (QED) is 0.641. The van der Waals surface area contributed by atoms with Crippen molar-refractivity contribution in [2.45, 2.75) is 16.8 Å². The van der Waals surface area contributed by atoms with Crippen LogP contribution in [-0.2, 0) is 11.2 Å². The van der Waals surface area contributed by atoms with Gasteiger partial charge in [0.25, 0.3) is 0 Å². The van der Waals surface area contributed by atoms with E-state index in [-0.39, 0.29) is 5.44 Å². The van der Waals surface area contributed by atoms with Crippen molar-refractivity contribution < 1.29 is 4.74 Å². The zero-order valence-electron chi connectivity index (χ0n) is 11.7. The van der Waals surface area contributed by atoms with Gasteiger partial charge in [-0.3, -0.25) is 0 Å². The molecule has 1 aliphatic heterocycles. The van der Waals surface area contributed by atoms with Crippen molar-refractivity contribution in [3.8, 4) is 0 Å². The van der Waals surface area contributed by atoms with Crippen molar-refractivity contribution in [2.75, 3.05) is 6.61 Å². The van der Waals surface area contributed by atoms with Gasteiger partial charge < -0.3 is 4.74 Å². The largest absolute Gasteiger partial charge is 0.362 e. The van der Waals surface area contributed by atoms with Crippen LogP contribution in [0.1, 0.15) is 16.6 Å². The maximum Gasteiger partial charge on any atom is 0.133 e. The zero-order valence-corrected chi connectivity index (χ0v) is 12.5. The topological polar surface area (TPSA) is 9.23 Å². The first kappa shape index (κ1) is 12.9. The Morgan fingerprint density at radius 3 is 2.62 bits per heavy atom. The lowest BCUT2D eigenvalue weighted by molar-refractivity contribution is 0.103. The van der Waals surface area contributed by atoms with E-state index in [2.05, 4.69) is 66.7 Å². The van der Waals surface area contributed by atoms with Crippen LogP contribution in [0.5, 0.6) is 0 Å². The van der Waals surface area contributed by atoms with Crippen LogP contribution in [0, 0.1) is 0 Å². The van der Waals surface area contributed by atoms with Gasteiger partial charge in [-0.25, -0.2) is 0 Å². The van der Waals surface area contributed by atoms with Crippen LogP contribution in [0.2, 0.25) is 0 Å². The number of rotatable bonds is 2. The summed E-state index contributed by atoms with van der Waals surface area (Å²) >= 11 is 1.80. The molecule has 0 bridgehead atoms. The fourth-order valence-corrected chi connectivity index (χ4v) is 3.93. The Morgan fingerprint density at radius 1 is 0.857 bits per heavy atom. The lowest BCUT2D eigenvalue weighted by atomic mass is 10.0. The summed E-state index contributed by atoms with van der Waals surface area (Å²) in [6.45, 7) is 0.808. The number of thioether (sulfide) groups is 1. The van der Waals surface area contributed by atoms with E-state index in [1.807, 2.05) is 0 Å². The van der Waals surface area contributed by atoms with E-state index in [1.165, 1.54) is 26.8 Å². The normalized spacial score (nSPS) is 17.6. The molecular formula is C19H16OS. The fraction of sp³-hybridized carbons (Fsp3) is 0.158. The Hall–Kier alpha value is -1.77. The van der Waals surface area contributed by atoms with E-state index >= 15 is 0 Å². The van der Waals surface area contributed by atoms with Crippen molar-refractivity contribution >= 4 is 22.5 Å². The molecule has 0 spiro atoms. The van der Waals surface area contributed by atoms with Gasteiger partial charge in [-0.05, 0) is 40.5 Å². The van der Waals surface area contributed by atoms with Gasteiger partial charge in [0.1, 0.15) is 5.44 Å². The molecule has 1 atom stereocenters. The minimum Gasteiger partial charge on any atom is -0.362 e. The first-order chi connectivity index (χ1) is 10.4. The molecule has 104 valence electrons. The average Bonchev–Trinajstić information content (AvgIpc) is 2.55.